The zero-order valence-corrected chi connectivity index (χ0v) is 11.4. The molecule has 98 valence electrons. The van der Waals surface area contributed by atoms with Crippen molar-refractivity contribution in [2.24, 2.45) is 0 Å². The predicted molar refractivity (Wildman–Crippen MR) is 74.9 cm³/mol. The van der Waals surface area contributed by atoms with Gasteiger partial charge in [-0.1, -0.05) is 44.2 Å². The van der Waals surface area contributed by atoms with Crippen molar-refractivity contribution in [1.82, 2.24) is 4.90 Å². The molecule has 0 spiro atoms. The molecule has 0 saturated carbocycles. The first-order chi connectivity index (χ1) is 8.77. The van der Waals surface area contributed by atoms with E-state index in [-0.39, 0.29) is 6.04 Å². The molecule has 2 nitrogen and oxygen atoms in total. The van der Waals surface area contributed by atoms with E-state index in [4.69, 9.17) is 0 Å². The lowest BCUT2D eigenvalue weighted by Crippen LogP contribution is -2.43. The summed E-state index contributed by atoms with van der Waals surface area (Å²) in [6.07, 6.45) is 4.54. The van der Waals surface area contributed by atoms with E-state index in [1.807, 2.05) is 30.3 Å². The Labute approximate surface area is 110 Å². The third-order valence-corrected chi connectivity index (χ3v) is 4.04. The van der Waals surface area contributed by atoms with E-state index in [2.05, 4.69) is 18.7 Å². The van der Waals surface area contributed by atoms with Crippen LogP contribution in [0.3, 0.4) is 0 Å². The molecule has 18 heavy (non-hydrogen) atoms. The lowest BCUT2D eigenvalue weighted by Gasteiger charge is -2.31. The molecule has 1 heterocycles. The fourth-order valence-corrected chi connectivity index (χ4v) is 3.07. The van der Waals surface area contributed by atoms with Gasteiger partial charge in [-0.15, -0.1) is 0 Å². The molecule has 0 aliphatic carbocycles. The maximum Gasteiger partial charge on any atom is 0.179 e. The van der Waals surface area contributed by atoms with E-state index in [0.717, 1.165) is 24.9 Å². The van der Waals surface area contributed by atoms with Gasteiger partial charge in [-0.2, -0.15) is 0 Å². The van der Waals surface area contributed by atoms with Crippen LogP contribution in [0.5, 0.6) is 0 Å². The molecule has 1 aromatic rings. The fourth-order valence-electron chi connectivity index (χ4n) is 3.07. The SMILES string of the molecule is CCC1CCCN1C(CC)C(=O)c1ccccc1. The van der Waals surface area contributed by atoms with Crippen molar-refractivity contribution in [3.8, 4) is 0 Å². The quantitative estimate of drug-likeness (QED) is 0.740. The molecule has 2 atom stereocenters. The Kier molecular flexibility index (Phi) is 4.54. The van der Waals surface area contributed by atoms with Crippen LogP contribution in [0.15, 0.2) is 30.3 Å². The van der Waals surface area contributed by atoms with Crippen LogP contribution in [0.2, 0.25) is 0 Å². The molecule has 0 amide bonds. The van der Waals surface area contributed by atoms with Crippen LogP contribution in [0.25, 0.3) is 0 Å². The highest BCUT2D eigenvalue weighted by atomic mass is 16.1. The normalized spacial score (nSPS) is 22.0. The first-order valence-corrected chi connectivity index (χ1v) is 7.13. The van der Waals surface area contributed by atoms with Crippen LogP contribution in [0.4, 0.5) is 0 Å². The summed E-state index contributed by atoms with van der Waals surface area (Å²) in [4.78, 5) is 15.0. The molecule has 2 rings (SSSR count). The molecule has 1 aliphatic rings. The average Bonchev–Trinajstić information content (AvgIpc) is 2.89. The number of ketones is 1. The number of carbonyl (C=O) groups excluding carboxylic acids is 1. The molecule has 1 fully saturated rings. The van der Waals surface area contributed by atoms with Crippen LogP contribution >= 0.6 is 0 Å². The molecule has 0 radical (unpaired) electrons. The van der Waals surface area contributed by atoms with Gasteiger partial charge in [0.2, 0.25) is 0 Å². The van der Waals surface area contributed by atoms with E-state index in [9.17, 15) is 4.79 Å². The van der Waals surface area contributed by atoms with Gasteiger partial charge < -0.3 is 0 Å². The Morgan fingerprint density at radius 1 is 1.33 bits per heavy atom. The van der Waals surface area contributed by atoms with Crippen LogP contribution < -0.4 is 0 Å². The summed E-state index contributed by atoms with van der Waals surface area (Å²) >= 11 is 0. The van der Waals surface area contributed by atoms with Crippen molar-refractivity contribution >= 4 is 5.78 Å². The number of Topliss-reactive ketones (excluding diaryl/α,β-unsaturated/α-hetero) is 1. The molecular formula is C16H23NO. The molecule has 0 aromatic heterocycles. The van der Waals surface area contributed by atoms with Crippen molar-refractivity contribution in [2.75, 3.05) is 6.54 Å². The van der Waals surface area contributed by atoms with Crippen LogP contribution in [0.1, 0.15) is 49.9 Å². The second-order valence-corrected chi connectivity index (χ2v) is 5.10. The summed E-state index contributed by atoms with van der Waals surface area (Å²) in [6, 6.07) is 10.4. The van der Waals surface area contributed by atoms with E-state index < -0.39 is 0 Å². The molecular weight excluding hydrogens is 222 g/mol. The van der Waals surface area contributed by atoms with Gasteiger partial charge >= 0.3 is 0 Å². The minimum absolute atomic E-state index is 0.0693. The Hall–Kier alpha value is -1.15. The number of hydrogen-bond acceptors (Lipinski definition) is 2. The second-order valence-electron chi connectivity index (χ2n) is 5.10. The Balaban J connectivity index is 2.16. The predicted octanol–water partition coefficient (Wildman–Crippen LogP) is 3.52. The molecule has 1 saturated heterocycles. The third-order valence-electron chi connectivity index (χ3n) is 4.04. The zero-order valence-electron chi connectivity index (χ0n) is 11.4. The summed E-state index contributed by atoms with van der Waals surface area (Å²) < 4.78 is 0. The smallest absolute Gasteiger partial charge is 0.179 e. The fraction of sp³-hybridized carbons (Fsp3) is 0.562. The molecule has 2 unspecified atom stereocenters. The standard InChI is InChI=1S/C16H23NO/c1-3-14-11-8-12-17(14)15(4-2)16(18)13-9-6-5-7-10-13/h5-7,9-10,14-15H,3-4,8,11-12H2,1-2H3. The Morgan fingerprint density at radius 2 is 2.06 bits per heavy atom. The van der Waals surface area contributed by atoms with Gasteiger partial charge in [0, 0.05) is 11.6 Å². The van der Waals surface area contributed by atoms with Gasteiger partial charge in [-0.3, -0.25) is 9.69 Å². The minimum Gasteiger partial charge on any atom is -0.292 e. The second kappa shape index (κ2) is 6.14. The van der Waals surface area contributed by atoms with Gasteiger partial charge in [0.15, 0.2) is 5.78 Å². The topological polar surface area (TPSA) is 20.3 Å². The van der Waals surface area contributed by atoms with Crippen molar-refractivity contribution in [1.29, 1.82) is 0 Å². The molecule has 1 aliphatic heterocycles. The first kappa shape index (κ1) is 13.3. The average molecular weight is 245 g/mol. The number of rotatable bonds is 5. The van der Waals surface area contributed by atoms with Crippen LogP contribution in [-0.2, 0) is 0 Å². The lowest BCUT2D eigenvalue weighted by atomic mass is 9.99. The highest BCUT2D eigenvalue weighted by molar-refractivity contribution is 6.00. The molecule has 1 aromatic carbocycles. The van der Waals surface area contributed by atoms with Gasteiger partial charge in [0.1, 0.15) is 0 Å². The lowest BCUT2D eigenvalue weighted by molar-refractivity contribution is 0.0787. The molecule has 2 heteroatoms. The van der Waals surface area contributed by atoms with E-state index >= 15 is 0 Å². The summed E-state index contributed by atoms with van der Waals surface area (Å²) in [5, 5.41) is 0. The van der Waals surface area contributed by atoms with Crippen molar-refractivity contribution in [3.05, 3.63) is 35.9 Å². The number of hydrogen-bond donors (Lipinski definition) is 0. The highest BCUT2D eigenvalue weighted by Gasteiger charge is 2.32. The largest absolute Gasteiger partial charge is 0.292 e. The number of benzene rings is 1. The maximum atomic E-state index is 12.6. The van der Waals surface area contributed by atoms with Crippen LogP contribution in [-0.4, -0.2) is 29.3 Å². The van der Waals surface area contributed by atoms with E-state index in [1.165, 1.54) is 12.8 Å². The van der Waals surface area contributed by atoms with Gasteiger partial charge in [0.25, 0.3) is 0 Å². The zero-order chi connectivity index (χ0) is 13.0. The van der Waals surface area contributed by atoms with E-state index in [0.29, 0.717) is 11.8 Å². The van der Waals surface area contributed by atoms with Crippen LogP contribution in [0, 0.1) is 0 Å². The summed E-state index contributed by atoms with van der Waals surface area (Å²) in [5.74, 6) is 0.290. The van der Waals surface area contributed by atoms with Gasteiger partial charge in [-0.05, 0) is 32.2 Å². The van der Waals surface area contributed by atoms with Gasteiger partial charge in [-0.25, -0.2) is 0 Å². The first-order valence-electron chi connectivity index (χ1n) is 7.13. The summed E-state index contributed by atoms with van der Waals surface area (Å²) in [6.45, 7) is 5.43. The van der Waals surface area contributed by atoms with Crippen molar-refractivity contribution in [3.63, 3.8) is 0 Å². The van der Waals surface area contributed by atoms with E-state index in [1.54, 1.807) is 0 Å². The van der Waals surface area contributed by atoms with Crippen molar-refractivity contribution in [2.45, 2.75) is 51.6 Å². The summed E-state index contributed by atoms with van der Waals surface area (Å²) in [5.41, 5.74) is 0.853. The minimum atomic E-state index is 0.0693. The summed E-state index contributed by atoms with van der Waals surface area (Å²) in [7, 11) is 0. The number of likely N-dealkylation sites (tertiary alicyclic amines) is 1. The Morgan fingerprint density at radius 3 is 2.67 bits per heavy atom. The molecule has 0 bridgehead atoms. The number of nitrogens with zero attached hydrogens (tertiary/aromatic N) is 1. The van der Waals surface area contributed by atoms with Gasteiger partial charge in [0.05, 0.1) is 6.04 Å². The maximum absolute atomic E-state index is 12.6. The number of carbonyl (C=O) groups is 1. The highest BCUT2D eigenvalue weighted by Crippen LogP contribution is 2.25. The monoisotopic (exact) mass is 245 g/mol. The third kappa shape index (κ3) is 2.64. The Bertz CT molecular complexity index is 387. The van der Waals surface area contributed by atoms with Crippen molar-refractivity contribution < 1.29 is 4.79 Å². The molecule has 0 N–H and O–H groups in total.